The van der Waals surface area contributed by atoms with Crippen molar-refractivity contribution in [3.05, 3.63) is 64.7 Å². The lowest BCUT2D eigenvalue weighted by Crippen LogP contribution is -2.50. The van der Waals surface area contributed by atoms with Crippen molar-refractivity contribution in [1.29, 1.82) is 0 Å². The van der Waals surface area contributed by atoms with Crippen molar-refractivity contribution in [3.8, 4) is 5.75 Å². The monoisotopic (exact) mass is 489 g/mol. The molecule has 0 radical (unpaired) electrons. The Bertz CT molecular complexity index is 1100. The van der Waals surface area contributed by atoms with Gasteiger partial charge in [-0.1, -0.05) is 48.7 Å². The fourth-order valence-electron chi connectivity index (χ4n) is 6.05. The molecule has 1 aliphatic carbocycles. The average Bonchev–Trinajstić information content (AvgIpc) is 3.42. The molecule has 2 atom stereocenters. The van der Waals surface area contributed by atoms with Gasteiger partial charge in [0, 0.05) is 38.6 Å². The number of carbonyl (C=O) groups excluding carboxylic acids is 2. The third kappa shape index (κ3) is 5.15. The molecule has 3 aliphatic rings. The summed E-state index contributed by atoms with van der Waals surface area (Å²) in [6, 6.07) is 14.6. The smallest absolute Gasteiger partial charge is 0.263 e. The van der Waals surface area contributed by atoms with Gasteiger partial charge in [0.05, 0.1) is 6.04 Å². The minimum absolute atomic E-state index is 0.0362. The molecule has 192 valence electrons. The minimum Gasteiger partial charge on any atom is -0.481 e. The Morgan fingerprint density at radius 3 is 2.44 bits per heavy atom. The molecule has 2 heterocycles. The Morgan fingerprint density at radius 2 is 1.72 bits per heavy atom. The largest absolute Gasteiger partial charge is 0.481 e. The number of ether oxygens (including phenoxy) is 1. The Balaban J connectivity index is 1.42. The van der Waals surface area contributed by atoms with Crippen LogP contribution in [0.1, 0.15) is 60.9 Å². The van der Waals surface area contributed by atoms with Gasteiger partial charge in [-0.2, -0.15) is 0 Å². The second-order valence-electron chi connectivity index (χ2n) is 10.8. The molecule has 1 saturated heterocycles. The van der Waals surface area contributed by atoms with Crippen molar-refractivity contribution in [1.82, 2.24) is 14.7 Å². The predicted molar refractivity (Wildman–Crippen MR) is 141 cm³/mol. The summed E-state index contributed by atoms with van der Waals surface area (Å²) in [4.78, 5) is 33.0. The minimum atomic E-state index is -0.552. The van der Waals surface area contributed by atoms with E-state index in [-0.39, 0.29) is 23.8 Å². The van der Waals surface area contributed by atoms with E-state index in [1.807, 2.05) is 17.9 Å². The van der Waals surface area contributed by atoms with Crippen molar-refractivity contribution in [2.45, 2.75) is 58.1 Å². The van der Waals surface area contributed by atoms with Gasteiger partial charge in [-0.15, -0.1) is 0 Å². The number of aryl methyl sites for hydroxylation is 1. The Kier molecular flexibility index (Phi) is 7.33. The third-order valence-electron chi connectivity index (χ3n) is 8.17. The molecule has 0 bridgehead atoms. The van der Waals surface area contributed by atoms with Crippen LogP contribution in [0.5, 0.6) is 5.75 Å². The fourth-order valence-corrected chi connectivity index (χ4v) is 6.05. The van der Waals surface area contributed by atoms with E-state index in [4.69, 9.17) is 4.74 Å². The van der Waals surface area contributed by atoms with Crippen LogP contribution in [0.15, 0.2) is 42.5 Å². The highest BCUT2D eigenvalue weighted by Crippen LogP contribution is 2.40. The fraction of sp³-hybridized carbons (Fsp3) is 0.533. The molecule has 36 heavy (non-hydrogen) atoms. The topological polar surface area (TPSA) is 53.1 Å². The normalized spacial score (nSPS) is 21.8. The number of carbonyl (C=O) groups is 2. The highest BCUT2D eigenvalue weighted by atomic mass is 16.5. The second kappa shape index (κ2) is 10.6. The molecule has 0 aromatic heterocycles. The maximum Gasteiger partial charge on any atom is 0.263 e. The zero-order chi connectivity index (χ0) is 25.2. The molecule has 2 aromatic carbocycles. The summed E-state index contributed by atoms with van der Waals surface area (Å²) in [6.07, 6.45) is 4.57. The number of hydrogen-bond donors (Lipinski definition) is 0. The molecule has 2 fully saturated rings. The molecule has 5 rings (SSSR count). The van der Waals surface area contributed by atoms with E-state index in [2.05, 4.69) is 60.2 Å². The van der Waals surface area contributed by atoms with Gasteiger partial charge < -0.3 is 19.4 Å². The van der Waals surface area contributed by atoms with Gasteiger partial charge in [-0.3, -0.25) is 9.59 Å². The van der Waals surface area contributed by atoms with E-state index in [1.165, 1.54) is 11.1 Å². The van der Waals surface area contributed by atoms with Gasteiger partial charge in [0.1, 0.15) is 5.75 Å². The van der Waals surface area contributed by atoms with Gasteiger partial charge in [0.15, 0.2) is 6.10 Å². The molecule has 2 unspecified atom stereocenters. The van der Waals surface area contributed by atoms with E-state index in [1.54, 1.807) is 0 Å². The van der Waals surface area contributed by atoms with Gasteiger partial charge >= 0.3 is 0 Å². The molecule has 1 saturated carbocycles. The summed E-state index contributed by atoms with van der Waals surface area (Å²) in [5, 5.41) is 0. The molecule has 2 amide bonds. The quantitative estimate of drug-likeness (QED) is 0.632. The number of benzene rings is 2. The first-order valence-corrected chi connectivity index (χ1v) is 13.5. The van der Waals surface area contributed by atoms with Crippen LogP contribution in [0.4, 0.5) is 0 Å². The van der Waals surface area contributed by atoms with Crippen LogP contribution >= 0.6 is 0 Å². The highest BCUT2D eigenvalue weighted by molar-refractivity contribution is 5.81. The van der Waals surface area contributed by atoms with Crippen LogP contribution in [0.2, 0.25) is 0 Å². The number of fused-ring (bicyclic) bond motifs is 1. The van der Waals surface area contributed by atoms with Crippen molar-refractivity contribution >= 4 is 11.8 Å². The first kappa shape index (κ1) is 24.8. The predicted octanol–water partition coefficient (Wildman–Crippen LogP) is 4.20. The van der Waals surface area contributed by atoms with Gasteiger partial charge in [0.2, 0.25) is 5.91 Å². The van der Waals surface area contributed by atoms with Crippen LogP contribution in [0.3, 0.4) is 0 Å². The Morgan fingerprint density at radius 1 is 0.972 bits per heavy atom. The maximum absolute atomic E-state index is 13.7. The van der Waals surface area contributed by atoms with Crippen LogP contribution in [-0.2, 0) is 16.0 Å². The second-order valence-corrected chi connectivity index (χ2v) is 10.8. The number of rotatable bonds is 5. The summed E-state index contributed by atoms with van der Waals surface area (Å²) in [5.74, 6) is 1.15. The number of nitrogens with zero attached hydrogens (tertiary/aromatic N) is 3. The summed E-state index contributed by atoms with van der Waals surface area (Å²) in [6.45, 7) is 7.93. The molecule has 0 spiro atoms. The van der Waals surface area contributed by atoms with Crippen molar-refractivity contribution < 1.29 is 14.3 Å². The van der Waals surface area contributed by atoms with E-state index < -0.39 is 6.10 Å². The Labute approximate surface area is 215 Å². The summed E-state index contributed by atoms with van der Waals surface area (Å²) in [5.41, 5.74) is 4.70. The zero-order valence-corrected chi connectivity index (χ0v) is 21.9. The summed E-state index contributed by atoms with van der Waals surface area (Å²) < 4.78 is 6.22. The molecule has 2 aliphatic heterocycles. The average molecular weight is 490 g/mol. The lowest BCUT2D eigenvalue weighted by Gasteiger charge is -2.39. The van der Waals surface area contributed by atoms with E-state index >= 15 is 0 Å². The standard InChI is InChI=1S/C30H39N3O3/c1-21-7-6-10-25(19-21)28-27-20-26(36-22(2)29(34)32-17-15-31(3)16-18-32)12-11-23(27)13-14-33(28)30(35)24-8-4-5-9-24/h6-7,10-12,19-20,22,24,28H,4-5,8-9,13-18H2,1-3H3. The van der Waals surface area contributed by atoms with Crippen LogP contribution in [-0.4, -0.2) is 72.4 Å². The van der Waals surface area contributed by atoms with E-state index in [0.29, 0.717) is 5.75 Å². The van der Waals surface area contributed by atoms with Crippen molar-refractivity contribution in [2.24, 2.45) is 5.92 Å². The highest BCUT2D eigenvalue weighted by Gasteiger charge is 2.36. The van der Waals surface area contributed by atoms with Gasteiger partial charge in [-0.25, -0.2) is 0 Å². The first-order valence-electron chi connectivity index (χ1n) is 13.5. The van der Waals surface area contributed by atoms with Crippen molar-refractivity contribution in [2.75, 3.05) is 39.8 Å². The summed E-state index contributed by atoms with van der Waals surface area (Å²) in [7, 11) is 2.08. The Hall–Kier alpha value is -2.86. The van der Waals surface area contributed by atoms with Crippen molar-refractivity contribution in [3.63, 3.8) is 0 Å². The number of hydrogen-bond acceptors (Lipinski definition) is 4. The van der Waals surface area contributed by atoms with Crippen LogP contribution in [0.25, 0.3) is 0 Å². The SMILES string of the molecule is Cc1cccc(C2c3cc(OC(C)C(=O)N4CCN(C)CC4)ccc3CCN2C(=O)C2CCCC2)c1. The lowest BCUT2D eigenvalue weighted by atomic mass is 9.86. The van der Waals surface area contributed by atoms with Crippen LogP contribution < -0.4 is 4.74 Å². The molecule has 6 nitrogen and oxygen atoms in total. The number of amides is 2. The molecule has 2 aromatic rings. The van der Waals surface area contributed by atoms with Crippen LogP contribution in [0, 0.1) is 12.8 Å². The molecule has 6 heteroatoms. The van der Waals surface area contributed by atoms with Gasteiger partial charge in [-0.05, 0) is 69.0 Å². The van der Waals surface area contributed by atoms with E-state index in [9.17, 15) is 9.59 Å². The maximum atomic E-state index is 13.7. The number of likely N-dealkylation sites (N-methyl/N-ethyl adjacent to an activating group) is 1. The molecular formula is C30H39N3O3. The number of piperazine rings is 1. The summed E-state index contributed by atoms with van der Waals surface area (Å²) >= 11 is 0. The third-order valence-corrected chi connectivity index (χ3v) is 8.17. The molecule has 0 N–H and O–H groups in total. The first-order chi connectivity index (χ1) is 17.4. The zero-order valence-electron chi connectivity index (χ0n) is 21.9. The van der Waals surface area contributed by atoms with Gasteiger partial charge in [0.25, 0.3) is 5.91 Å². The molecular weight excluding hydrogens is 450 g/mol. The van der Waals surface area contributed by atoms with E-state index in [0.717, 1.165) is 76.0 Å². The lowest BCUT2D eigenvalue weighted by molar-refractivity contribution is -0.139.